The van der Waals surface area contributed by atoms with Crippen LogP contribution in [0.1, 0.15) is 59.6 Å². The lowest BCUT2D eigenvalue weighted by atomic mass is 10.1. The summed E-state index contributed by atoms with van der Waals surface area (Å²) < 4.78 is 5.27. The van der Waals surface area contributed by atoms with E-state index in [1.165, 1.54) is 5.56 Å². The fourth-order valence-electron chi connectivity index (χ4n) is 0.970. The second-order valence-corrected chi connectivity index (χ2v) is 2.58. The van der Waals surface area contributed by atoms with Gasteiger partial charge in [0.1, 0.15) is 0 Å². The summed E-state index contributed by atoms with van der Waals surface area (Å²) in [5.41, 5.74) is 2.36. The Kier molecular flexibility index (Phi) is 26.1. The molecule has 0 radical (unpaired) electrons. The average molecular weight is 252 g/mol. The number of ether oxygens (including phenoxy) is 1. The second kappa shape index (κ2) is 21.2. The van der Waals surface area contributed by atoms with Crippen molar-refractivity contribution in [2.75, 3.05) is 6.61 Å². The SMILES string of the molecule is C=Cc1ccc(COCC)cc1.CC.CC.CC. The number of hydrogen-bond acceptors (Lipinski definition) is 1. The Morgan fingerprint density at radius 1 is 0.944 bits per heavy atom. The highest BCUT2D eigenvalue weighted by atomic mass is 16.5. The second-order valence-electron chi connectivity index (χ2n) is 2.58. The number of hydrogen-bond donors (Lipinski definition) is 0. The fourth-order valence-corrected chi connectivity index (χ4v) is 0.970. The van der Waals surface area contributed by atoms with E-state index in [4.69, 9.17) is 4.74 Å². The van der Waals surface area contributed by atoms with Gasteiger partial charge in [0.25, 0.3) is 0 Å². The van der Waals surface area contributed by atoms with E-state index in [0.29, 0.717) is 6.61 Å². The highest BCUT2D eigenvalue weighted by Crippen LogP contribution is 2.06. The van der Waals surface area contributed by atoms with Crippen LogP contribution in [0, 0.1) is 0 Å². The van der Waals surface area contributed by atoms with Gasteiger partial charge in [0.05, 0.1) is 6.61 Å². The summed E-state index contributed by atoms with van der Waals surface area (Å²) in [7, 11) is 0. The van der Waals surface area contributed by atoms with Crippen molar-refractivity contribution < 1.29 is 4.74 Å². The highest BCUT2D eigenvalue weighted by Gasteiger charge is 1.90. The molecule has 0 aromatic heterocycles. The molecule has 0 amide bonds. The Balaban J connectivity index is -0.000000328. The zero-order valence-corrected chi connectivity index (χ0v) is 13.4. The van der Waals surface area contributed by atoms with Crippen molar-refractivity contribution in [2.24, 2.45) is 0 Å². The van der Waals surface area contributed by atoms with E-state index in [1.54, 1.807) is 0 Å². The molecule has 0 atom stereocenters. The summed E-state index contributed by atoms with van der Waals surface area (Å²) in [4.78, 5) is 0. The number of benzene rings is 1. The molecular weight excluding hydrogens is 220 g/mol. The van der Waals surface area contributed by atoms with Crippen LogP contribution >= 0.6 is 0 Å². The van der Waals surface area contributed by atoms with Crippen molar-refractivity contribution in [3.8, 4) is 0 Å². The number of rotatable bonds is 4. The van der Waals surface area contributed by atoms with E-state index in [9.17, 15) is 0 Å². The third-order valence-corrected chi connectivity index (χ3v) is 1.69. The minimum atomic E-state index is 0.702. The van der Waals surface area contributed by atoms with Crippen LogP contribution in [0.15, 0.2) is 30.8 Å². The van der Waals surface area contributed by atoms with Crippen molar-refractivity contribution >= 4 is 6.08 Å². The monoisotopic (exact) mass is 252 g/mol. The van der Waals surface area contributed by atoms with Crippen LogP contribution in [0.5, 0.6) is 0 Å². The Morgan fingerprint density at radius 3 is 1.72 bits per heavy atom. The van der Waals surface area contributed by atoms with Gasteiger partial charge in [0, 0.05) is 6.61 Å². The maximum atomic E-state index is 5.27. The molecule has 1 rings (SSSR count). The smallest absolute Gasteiger partial charge is 0.0716 e. The quantitative estimate of drug-likeness (QED) is 0.644. The van der Waals surface area contributed by atoms with Crippen LogP contribution < -0.4 is 0 Å². The molecule has 1 aromatic rings. The summed E-state index contributed by atoms with van der Waals surface area (Å²) in [6, 6.07) is 8.21. The Morgan fingerprint density at radius 2 is 1.39 bits per heavy atom. The lowest BCUT2D eigenvalue weighted by molar-refractivity contribution is 0.134. The van der Waals surface area contributed by atoms with E-state index in [-0.39, 0.29) is 0 Å². The molecule has 0 N–H and O–H groups in total. The normalized spacial score (nSPS) is 7.50. The van der Waals surface area contributed by atoms with E-state index < -0.39 is 0 Å². The Bertz CT molecular complexity index is 236. The van der Waals surface area contributed by atoms with Gasteiger partial charge < -0.3 is 4.74 Å². The Labute approximate surface area is 115 Å². The van der Waals surface area contributed by atoms with E-state index >= 15 is 0 Å². The third kappa shape index (κ3) is 13.0. The molecule has 1 aromatic carbocycles. The molecule has 0 fully saturated rings. The van der Waals surface area contributed by atoms with Crippen molar-refractivity contribution in [1.29, 1.82) is 0 Å². The van der Waals surface area contributed by atoms with Gasteiger partial charge in [0.15, 0.2) is 0 Å². The van der Waals surface area contributed by atoms with E-state index in [0.717, 1.165) is 12.2 Å². The molecule has 0 heterocycles. The van der Waals surface area contributed by atoms with Gasteiger partial charge in [-0.15, -0.1) is 0 Å². The minimum Gasteiger partial charge on any atom is -0.377 e. The first-order valence-electron chi connectivity index (χ1n) is 7.16. The van der Waals surface area contributed by atoms with Crippen molar-refractivity contribution in [1.82, 2.24) is 0 Å². The molecule has 1 heteroatoms. The first-order valence-corrected chi connectivity index (χ1v) is 7.16. The molecular formula is C17H32O. The molecule has 106 valence electrons. The van der Waals surface area contributed by atoms with Crippen LogP contribution in [0.25, 0.3) is 6.08 Å². The zero-order chi connectivity index (χ0) is 14.8. The maximum absolute atomic E-state index is 5.27. The van der Waals surface area contributed by atoms with Crippen molar-refractivity contribution in [2.45, 2.75) is 55.1 Å². The van der Waals surface area contributed by atoms with E-state index in [1.807, 2.05) is 66.7 Å². The summed E-state index contributed by atoms with van der Waals surface area (Å²) >= 11 is 0. The van der Waals surface area contributed by atoms with Crippen molar-refractivity contribution in [3.63, 3.8) is 0 Å². The van der Waals surface area contributed by atoms with Gasteiger partial charge in [-0.25, -0.2) is 0 Å². The Hall–Kier alpha value is -1.08. The van der Waals surface area contributed by atoms with Crippen LogP contribution in [0.4, 0.5) is 0 Å². The average Bonchev–Trinajstić information content (AvgIpc) is 2.51. The molecule has 0 saturated carbocycles. The molecule has 0 aliphatic rings. The molecule has 18 heavy (non-hydrogen) atoms. The molecule has 0 bridgehead atoms. The first-order chi connectivity index (χ1) is 8.86. The first kappa shape index (κ1) is 22.1. The summed E-state index contributed by atoms with van der Waals surface area (Å²) in [5.74, 6) is 0. The standard InChI is InChI=1S/C11H14O.3C2H6/c1-3-10-5-7-11(8-6-10)9-12-4-2;3*1-2/h3,5-8H,1,4,9H2,2H3;3*1-2H3. The van der Waals surface area contributed by atoms with Gasteiger partial charge >= 0.3 is 0 Å². The van der Waals surface area contributed by atoms with Gasteiger partial charge in [-0.05, 0) is 18.1 Å². The minimum absolute atomic E-state index is 0.702. The largest absolute Gasteiger partial charge is 0.377 e. The lowest BCUT2D eigenvalue weighted by Gasteiger charge is -2.01. The van der Waals surface area contributed by atoms with Gasteiger partial charge in [0.2, 0.25) is 0 Å². The molecule has 0 spiro atoms. The molecule has 1 nitrogen and oxygen atoms in total. The zero-order valence-electron chi connectivity index (χ0n) is 13.4. The predicted octanol–water partition coefficient (Wildman–Crippen LogP) is 5.94. The molecule has 0 aliphatic heterocycles. The van der Waals surface area contributed by atoms with Gasteiger partial charge in [-0.3, -0.25) is 0 Å². The summed E-state index contributed by atoms with van der Waals surface area (Å²) in [6.45, 7) is 19.2. The fraction of sp³-hybridized carbons (Fsp3) is 0.529. The highest BCUT2D eigenvalue weighted by molar-refractivity contribution is 5.47. The topological polar surface area (TPSA) is 9.23 Å². The lowest BCUT2D eigenvalue weighted by Crippen LogP contribution is -1.90. The molecule has 0 saturated heterocycles. The summed E-state index contributed by atoms with van der Waals surface area (Å²) in [5, 5.41) is 0. The van der Waals surface area contributed by atoms with Gasteiger partial charge in [-0.1, -0.05) is 78.5 Å². The molecule has 0 unspecified atom stereocenters. The maximum Gasteiger partial charge on any atom is 0.0716 e. The van der Waals surface area contributed by atoms with E-state index in [2.05, 4.69) is 18.7 Å². The van der Waals surface area contributed by atoms with Crippen LogP contribution in [-0.4, -0.2) is 6.61 Å². The van der Waals surface area contributed by atoms with Crippen LogP contribution in [0.2, 0.25) is 0 Å². The van der Waals surface area contributed by atoms with Crippen LogP contribution in [0.3, 0.4) is 0 Å². The van der Waals surface area contributed by atoms with Crippen molar-refractivity contribution in [3.05, 3.63) is 42.0 Å². The third-order valence-electron chi connectivity index (χ3n) is 1.69. The van der Waals surface area contributed by atoms with Crippen LogP contribution in [-0.2, 0) is 11.3 Å². The summed E-state index contributed by atoms with van der Waals surface area (Å²) in [6.07, 6.45) is 1.84. The molecule has 0 aliphatic carbocycles. The van der Waals surface area contributed by atoms with Gasteiger partial charge in [-0.2, -0.15) is 0 Å². The predicted molar refractivity (Wildman–Crippen MR) is 85.9 cm³/mol.